The molecule has 2 aromatic carbocycles. The highest BCUT2D eigenvalue weighted by atomic mass is 32.2. The summed E-state index contributed by atoms with van der Waals surface area (Å²) >= 11 is 0. The van der Waals surface area contributed by atoms with Gasteiger partial charge in [-0.05, 0) is 30.7 Å². The quantitative estimate of drug-likeness (QED) is 0.242. The average Bonchev–Trinajstić information content (AvgIpc) is 3.34. The summed E-state index contributed by atoms with van der Waals surface area (Å²) < 4.78 is 32.4. The Morgan fingerprint density at radius 2 is 1.74 bits per heavy atom. The number of benzene rings is 2. The Balaban J connectivity index is 1.42. The smallest absolute Gasteiger partial charge is 0.336 e. The van der Waals surface area contributed by atoms with Gasteiger partial charge in [0, 0.05) is 19.2 Å². The molecule has 0 aliphatic carbocycles. The first kappa shape index (κ1) is 26.2. The summed E-state index contributed by atoms with van der Waals surface area (Å²) in [5.74, 6) is 0.672. The summed E-state index contributed by atoms with van der Waals surface area (Å²) in [5, 5.41) is 12.7. The number of ether oxygens (including phenoxy) is 1. The summed E-state index contributed by atoms with van der Waals surface area (Å²) in [5.41, 5.74) is 7.60. The van der Waals surface area contributed by atoms with Crippen LogP contribution in [0.3, 0.4) is 0 Å². The first-order valence-electron chi connectivity index (χ1n) is 12.1. The van der Waals surface area contributed by atoms with Crippen LogP contribution in [0.25, 0.3) is 17.8 Å². The van der Waals surface area contributed by atoms with Crippen LogP contribution in [0, 0.1) is 6.92 Å². The summed E-state index contributed by atoms with van der Waals surface area (Å²) in [4.78, 5) is 19.6. The number of rotatable bonds is 8. The lowest BCUT2D eigenvalue weighted by Gasteiger charge is -2.26. The molecule has 13 nitrogen and oxygen atoms in total. The fourth-order valence-corrected chi connectivity index (χ4v) is 4.63. The Bertz CT molecular complexity index is 1580. The molecule has 0 atom stereocenters. The lowest BCUT2D eigenvalue weighted by atomic mass is 10.2. The molecule has 1 aliphatic rings. The minimum absolute atomic E-state index is 0.103. The minimum atomic E-state index is -3.86. The number of hydrogen-bond acceptors (Lipinski definition) is 9. The number of hydrazine groups is 2. The summed E-state index contributed by atoms with van der Waals surface area (Å²) in [7, 11) is -3.86. The second-order valence-electron chi connectivity index (χ2n) is 8.67. The molecule has 0 bridgehead atoms. The Hall–Kier alpha value is -4.37. The van der Waals surface area contributed by atoms with E-state index in [0.717, 1.165) is 11.1 Å². The Labute approximate surface area is 224 Å². The van der Waals surface area contributed by atoms with Crippen molar-refractivity contribution >= 4 is 45.6 Å². The van der Waals surface area contributed by atoms with Gasteiger partial charge in [-0.1, -0.05) is 54.1 Å². The molecular formula is C25H27N9O4S. The van der Waals surface area contributed by atoms with Gasteiger partial charge >= 0.3 is 6.03 Å². The zero-order chi connectivity index (χ0) is 27.2. The van der Waals surface area contributed by atoms with Crippen LogP contribution in [-0.2, 0) is 14.8 Å². The van der Waals surface area contributed by atoms with Crippen LogP contribution >= 0.6 is 0 Å². The van der Waals surface area contributed by atoms with Crippen LogP contribution in [0.4, 0.5) is 16.6 Å². The maximum Gasteiger partial charge on any atom is 0.336 e. The Kier molecular flexibility index (Phi) is 7.79. The van der Waals surface area contributed by atoms with Gasteiger partial charge in [0.05, 0.1) is 18.1 Å². The van der Waals surface area contributed by atoms with Gasteiger partial charge in [-0.3, -0.25) is 16.2 Å². The zero-order valence-corrected chi connectivity index (χ0v) is 21.9. The van der Waals surface area contributed by atoms with E-state index in [9.17, 15) is 13.2 Å². The molecule has 5 rings (SSSR count). The van der Waals surface area contributed by atoms with E-state index in [0.29, 0.717) is 37.8 Å². The molecule has 1 saturated heterocycles. The second-order valence-corrected chi connectivity index (χ2v) is 10.4. The van der Waals surface area contributed by atoms with Crippen molar-refractivity contribution in [1.82, 2.24) is 34.8 Å². The van der Waals surface area contributed by atoms with Crippen molar-refractivity contribution in [1.29, 1.82) is 0 Å². The van der Waals surface area contributed by atoms with Crippen LogP contribution in [0.1, 0.15) is 17.0 Å². The molecule has 1 aliphatic heterocycles. The normalized spacial score (nSPS) is 14.5. The van der Waals surface area contributed by atoms with Crippen molar-refractivity contribution in [3.63, 3.8) is 0 Å². The molecule has 14 heteroatoms. The minimum Gasteiger partial charge on any atom is -0.379 e. The summed E-state index contributed by atoms with van der Waals surface area (Å²) in [6.07, 6.45) is 3.55. The summed E-state index contributed by atoms with van der Waals surface area (Å²) in [6, 6.07) is 17.0. The standard InChI is InChI=1S/C25H27N9O4S/c1-18-7-10-20(11-8-18)39(36,37)32-28-21-17-23-29-30-24(27-25(35)31-33-13-15-38-16-14-33)34(23)22(26-21)12-9-19-5-3-2-4-6-19/h2-12,17,28,32H,13-16H2,1H3,(H2,27,30,31,35)/b12-9+. The van der Waals surface area contributed by atoms with Crippen LogP contribution in [0.15, 0.2) is 65.6 Å². The maximum atomic E-state index is 12.8. The average molecular weight is 550 g/mol. The number of urea groups is 1. The van der Waals surface area contributed by atoms with Gasteiger partial charge in [-0.15, -0.1) is 15.0 Å². The second kappa shape index (κ2) is 11.6. The highest BCUT2D eigenvalue weighted by Crippen LogP contribution is 2.18. The van der Waals surface area contributed by atoms with E-state index >= 15 is 0 Å². The van der Waals surface area contributed by atoms with Gasteiger partial charge in [0.2, 0.25) is 5.95 Å². The van der Waals surface area contributed by atoms with Gasteiger partial charge in [0.25, 0.3) is 10.0 Å². The van der Waals surface area contributed by atoms with Crippen molar-refractivity contribution < 1.29 is 17.9 Å². The molecule has 4 aromatic rings. The van der Waals surface area contributed by atoms with E-state index in [-0.39, 0.29) is 16.7 Å². The number of anilines is 2. The molecule has 2 aromatic heterocycles. The maximum absolute atomic E-state index is 12.8. The van der Waals surface area contributed by atoms with Crippen molar-refractivity contribution in [2.45, 2.75) is 11.8 Å². The number of nitrogens with one attached hydrogen (secondary N) is 4. The molecule has 0 spiro atoms. The molecular weight excluding hydrogens is 522 g/mol. The van der Waals surface area contributed by atoms with Crippen molar-refractivity contribution in [2.24, 2.45) is 0 Å². The number of morpholine rings is 1. The van der Waals surface area contributed by atoms with Crippen LogP contribution in [0.5, 0.6) is 0 Å². The molecule has 2 amide bonds. The van der Waals surface area contributed by atoms with Gasteiger partial charge in [0.1, 0.15) is 11.6 Å². The molecule has 3 heterocycles. The third kappa shape index (κ3) is 6.56. The lowest BCUT2D eigenvalue weighted by molar-refractivity contribution is 0.0207. The number of amides is 2. The predicted molar refractivity (Wildman–Crippen MR) is 146 cm³/mol. The SMILES string of the molecule is Cc1ccc(S(=O)(=O)NNc2cc3nnc(NC(=O)NN4CCOCC4)n3c(/C=C/c3ccccc3)n2)cc1. The van der Waals surface area contributed by atoms with E-state index in [1.54, 1.807) is 27.6 Å². The van der Waals surface area contributed by atoms with Gasteiger partial charge < -0.3 is 4.74 Å². The van der Waals surface area contributed by atoms with Gasteiger partial charge in [-0.2, -0.15) is 0 Å². The highest BCUT2D eigenvalue weighted by Gasteiger charge is 2.18. The zero-order valence-electron chi connectivity index (χ0n) is 21.0. The largest absolute Gasteiger partial charge is 0.379 e. The number of carbonyl (C=O) groups excluding carboxylic acids is 1. The number of aryl methyl sites for hydroxylation is 1. The third-order valence-electron chi connectivity index (χ3n) is 5.78. The molecule has 0 radical (unpaired) electrons. The highest BCUT2D eigenvalue weighted by molar-refractivity contribution is 7.89. The lowest BCUT2D eigenvalue weighted by Crippen LogP contribution is -2.49. The fraction of sp³-hybridized carbons (Fsp3) is 0.200. The third-order valence-corrected chi connectivity index (χ3v) is 7.05. The van der Waals surface area contributed by atoms with Crippen molar-refractivity contribution in [3.8, 4) is 0 Å². The first-order chi connectivity index (χ1) is 18.9. The van der Waals surface area contributed by atoms with Crippen molar-refractivity contribution in [2.75, 3.05) is 37.0 Å². The summed E-state index contributed by atoms with van der Waals surface area (Å²) in [6.45, 7) is 4.05. The Morgan fingerprint density at radius 3 is 2.49 bits per heavy atom. The molecule has 1 fully saturated rings. The van der Waals surface area contributed by atoms with E-state index < -0.39 is 16.1 Å². The van der Waals surface area contributed by atoms with E-state index in [1.165, 1.54) is 18.2 Å². The Morgan fingerprint density at radius 1 is 1.00 bits per heavy atom. The molecule has 202 valence electrons. The van der Waals surface area contributed by atoms with Gasteiger partial charge in [-0.25, -0.2) is 27.6 Å². The molecule has 39 heavy (non-hydrogen) atoms. The molecule has 0 saturated carbocycles. The van der Waals surface area contributed by atoms with Gasteiger partial charge in [0.15, 0.2) is 5.65 Å². The number of carbonyl (C=O) groups is 1. The first-order valence-corrected chi connectivity index (χ1v) is 13.6. The topological polar surface area (TPSA) is 155 Å². The molecule has 0 unspecified atom stereocenters. The monoisotopic (exact) mass is 549 g/mol. The van der Waals surface area contributed by atoms with Crippen LogP contribution in [0.2, 0.25) is 0 Å². The van der Waals surface area contributed by atoms with Crippen LogP contribution in [-0.4, -0.2) is 65.3 Å². The van der Waals surface area contributed by atoms with E-state index in [2.05, 4.69) is 36.2 Å². The predicted octanol–water partition coefficient (Wildman–Crippen LogP) is 2.28. The number of hydrogen-bond donors (Lipinski definition) is 4. The number of sulfonamides is 1. The number of nitrogens with zero attached hydrogens (tertiary/aromatic N) is 5. The number of aromatic nitrogens is 4. The van der Waals surface area contributed by atoms with E-state index in [4.69, 9.17) is 4.74 Å². The van der Waals surface area contributed by atoms with Crippen molar-refractivity contribution in [3.05, 3.63) is 77.6 Å². The van der Waals surface area contributed by atoms with Crippen LogP contribution < -0.4 is 21.0 Å². The van der Waals surface area contributed by atoms with E-state index in [1.807, 2.05) is 43.3 Å². The molecule has 4 N–H and O–H groups in total. The fourth-order valence-electron chi connectivity index (χ4n) is 3.78. The number of fused-ring (bicyclic) bond motifs is 1.